The summed E-state index contributed by atoms with van der Waals surface area (Å²) in [4.78, 5) is 11.1. The molecular formula is C13H19N3O3S. The topological polar surface area (TPSA) is 115 Å². The summed E-state index contributed by atoms with van der Waals surface area (Å²) in [5.41, 5.74) is 11.1. The lowest BCUT2D eigenvalue weighted by Crippen LogP contribution is -2.39. The molecule has 1 amide bonds. The summed E-state index contributed by atoms with van der Waals surface area (Å²) >= 11 is 0. The Balaban J connectivity index is 2.15. The third-order valence-electron chi connectivity index (χ3n) is 3.72. The van der Waals surface area contributed by atoms with Crippen molar-refractivity contribution in [1.29, 1.82) is 0 Å². The highest BCUT2D eigenvalue weighted by Gasteiger charge is 2.30. The van der Waals surface area contributed by atoms with Crippen LogP contribution in [0.4, 0.5) is 0 Å². The predicted molar refractivity (Wildman–Crippen MR) is 75.5 cm³/mol. The van der Waals surface area contributed by atoms with E-state index in [0.29, 0.717) is 6.54 Å². The van der Waals surface area contributed by atoms with E-state index in [9.17, 15) is 13.2 Å². The van der Waals surface area contributed by atoms with Gasteiger partial charge in [-0.1, -0.05) is 6.42 Å². The van der Waals surface area contributed by atoms with Crippen molar-refractivity contribution >= 4 is 15.9 Å². The molecule has 0 aliphatic heterocycles. The molecule has 5 N–H and O–H groups in total. The Labute approximate surface area is 118 Å². The third-order valence-corrected chi connectivity index (χ3v) is 5.22. The number of primary amides is 1. The Morgan fingerprint density at radius 1 is 1.25 bits per heavy atom. The molecule has 1 aromatic carbocycles. The molecule has 0 aromatic heterocycles. The van der Waals surface area contributed by atoms with Gasteiger partial charge in [-0.15, -0.1) is 0 Å². The van der Waals surface area contributed by atoms with Crippen LogP contribution in [0.3, 0.4) is 0 Å². The van der Waals surface area contributed by atoms with Gasteiger partial charge in [-0.05, 0) is 49.6 Å². The van der Waals surface area contributed by atoms with Crippen molar-refractivity contribution in [3.05, 3.63) is 29.8 Å². The molecule has 2 atom stereocenters. The van der Waals surface area contributed by atoms with Crippen molar-refractivity contribution in [2.75, 3.05) is 6.54 Å². The molecular weight excluding hydrogens is 278 g/mol. The Morgan fingerprint density at radius 3 is 2.45 bits per heavy atom. The Bertz CT molecular complexity index is 583. The Hall–Kier alpha value is -1.44. The molecule has 1 aliphatic carbocycles. The van der Waals surface area contributed by atoms with E-state index >= 15 is 0 Å². The molecule has 2 unspecified atom stereocenters. The molecule has 1 aliphatic rings. The fourth-order valence-corrected chi connectivity index (χ4v) is 3.88. The van der Waals surface area contributed by atoms with E-state index in [1.165, 1.54) is 24.3 Å². The van der Waals surface area contributed by atoms with Crippen molar-refractivity contribution < 1.29 is 13.2 Å². The van der Waals surface area contributed by atoms with Crippen LogP contribution in [0.5, 0.6) is 0 Å². The first-order valence-corrected chi connectivity index (χ1v) is 8.04. The summed E-state index contributed by atoms with van der Waals surface area (Å²) in [6, 6.07) is 5.47. The van der Waals surface area contributed by atoms with Crippen LogP contribution in [0.15, 0.2) is 29.2 Å². The first-order valence-electron chi connectivity index (χ1n) is 6.56. The van der Waals surface area contributed by atoms with Crippen LogP contribution in [0.1, 0.15) is 29.6 Å². The molecule has 6 nitrogen and oxygen atoms in total. The number of hydrogen-bond acceptors (Lipinski definition) is 4. The van der Waals surface area contributed by atoms with Crippen LogP contribution in [-0.2, 0) is 10.0 Å². The first kappa shape index (κ1) is 15.0. The second-order valence-corrected chi connectivity index (χ2v) is 6.76. The zero-order valence-corrected chi connectivity index (χ0v) is 11.9. The summed E-state index contributed by atoms with van der Waals surface area (Å²) in [7, 11) is -3.59. The van der Waals surface area contributed by atoms with Gasteiger partial charge in [0.15, 0.2) is 0 Å². The van der Waals surface area contributed by atoms with Crippen molar-refractivity contribution in [1.82, 2.24) is 4.72 Å². The lowest BCUT2D eigenvalue weighted by atomic mass is 10.1. The minimum atomic E-state index is -3.59. The van der Waals surface area contributed by atoms with Crippen LogP contribution in [0.25, 0.3) is 0 Å². The maximum atomic E-state index is 12.3. The van der Waals surface area contributed by atoms with E-state index in [4.69, 9.17) is 11.5 Å². The summed E-state index contributed by atoms with van der Waals surface area (Å²) in [6.45, 7) is 0.480. The smallest absolute Gasteiger partial charge is 0.248 e. The van der Waals surface area contributed by atoms with Gasteiger partial charge >= 0.3 is 0 Å². The van der Waals surface area contributed by atoms with E-state index in [0.717, 1.165) is 19.3 Å². The van der Waals surface area contributed by atoms with Crippen LogP contribution < -0.4 is 16.2 Å². The number of nitrogens with two attached hydrogens (primary N) is 2. The minimum Gasteiger partial charge on any atom is -0.366 e. The summed E-state index contributed by atoms with van der Waals surface area (Å²) < 4.78 is 27.2. The quantitative estimate of drug-likeness (QED) is 0.719. The largest absolute Gasteiger partial charge is 0.366 e. The molecule has 0 radical (unpaired) electrons. The monoisotopic (exact) mass is 297 g/mol. The molecule has 0 heterocycles. The number of carbonyl (C=O) groups excluding carboxylic acids is 1. The zero-order chi connectivity index (χ0) is 14.8. The van der Waals surface area contributed by atoms with Gasteiger partial charge in [-0.3, -0.25) is 4.79 Å². The van der Waals surface area contributed by atoms with Gasteiger partial charge in [0.1, 0.15) is 0 Å². The van der Waals surface area contributed by atoms with Crippen LogP contribution in [0, 0.1) is 5.92 Å². The van der Waals surface area contributed by atoms with E-state index in [2.05, 4.69) is 4.72 Å². The number of benzene rings is 1. The first-order chi connectivity index (χ1) is 9.44. The standard InChI is InChI=1S/C13H19N3O3S/c14-8-10-2-1-3-12(10)16-20(18,19)11-6-4-9(5-7-11)13(15)17/h4-7,10,12,16H,1-3,8,14H2,(H2,15,17). The van der Waals surface area contributed by atoms with Crippen molar-refractivity contribution in [2.24, 2.45) is 17.4 Å². The van der Waals surface area contributed by atoms with Gasteiger partial charge < -0.3 is 11.5 Å². The van der Waals surface area contributed by atoms with Gasteiger partial charge in [0, 0.05) is 11.6 Å². The number of amides is 1. The SMILES string of the molecule is NCC1CCCC1NS(=O)(=O)c1ccc(C(N)=O)cc1. The average molecular weight is 297 g/mol. The molecule has 1 aromatic rings. The number of hydrogen-bond donors (Lipinski definition) is 3. The lowest BCUT2D eigenvalue weighted by Gasteiger charge is -2.19. The second kappa shape index (κ2) is 5.90. The van der Waals surface area contributed by atoms with Crippen molar-refractivity contribution in [3.8, 4) is 0 Å². The molecule has 0 bridgehead atoms. The van der Waals surface area contributed by atoms with Gasteiger partial charge in [0.25, 0.3) is 0 Å². The van der Waals surface area contributed by atoms with E-state index < -0.39 is 15.9 Å². The summed E-state index contributed by atoms with van der Waals surface area (Å²) in [6.07, 6.45) is 2.74. The van der Waals surface area contributed by atoms with Gasteiger partial charge in [-0.2, -0.15) is 0 Å². The number of nitrogens with one attached hydrogen (secondary N) is 1. The number of rotatable bonds is 5. The minimum absolute atomic E-state index is 0.110. The van der Waals surface area contributed by atoms with Gasteiger partial charge in [0.05, 0.1) is 4.90 Å². The maximum Gasteiger partial charge on any atom is 0.248 e. The molecule has 7 heteroatoms. The second-order valence-electron chi connectivity index (χ2n) is 5.04. The fraction of sp³-hybridized carbons (Fsp3) is 0.462. The lowest BCUT2D eigenvalue weighted by molar-refractivity contribution is 0.1000. The normalized spacial score (nSPS) is 22.9. The summed E-state index contributed by atoms with van der Waals surface area (Å²) in [5.74, 6) is -0.393. The van der Waals surface area contributed by atoms with Crippen LogP contribution >= 0.6 is 0 Å². The Morgan fingerprint density at radius 2 is 1.90 bits per heavy atom. The fourth-order valence-electron chi connectivity index (χ4n) is 2.54. The summed E-state index contributed by atoms with van der Waals surface area (Å²) in [5, 5.41) is 0. The highest BCUT2D eigenvalue weighted by molar-refractivity contribution is 7.89. The van der Waals surface area contributed by atoms with E-state index in [-0.39, 0.29) is 22.4 Å². The molecule has 2 rings (SSSR count). The van der Waals surface area contributed by atoms with Gasteiger partial charge in [0.2, 0.25) is 15.9 Å². The predicted octanol–water partition coefficient (Wildman–Crippen LogP) is 0.191. The van der Waals surface area contributed by atoms with Crippen molar-refractivity contribution in [3.63, 3.8) is 0 Å². The highest BCUT2D eigenvalue weighted by atomic mass is 32.2. The average Bonchev–Trinajstić information content (AvgIpc) is 2.85. The van der Waals surface area contributed by atoms with Crippen molar-refractivity contribution in [2.45, 2.75) is 30.2 Å². The van der Waals surface area contributed by atoms with E-state index in [1.807, 2.05) is 0 Å². The van der Waals surface area contributed by atoms with Crippen LogP contribution in [0.2, 0.25) is 0 Å². The van der Waals surface area contributed by atoms with Gasteiger partial charge in [-0.25, -0.2) is 13.1 Å². The number of carbonyl (C=O) groups is 1. The molecule has 1 fully saturated rings. The molecule has 20 heavy (non-hydrogen) atoms. The third kappa shape index (κ3) is 3.17. The maximum absolute atomic E-state index is 12.3. The zero-order valence-electron chi connectivity index (χ0n) is 11.1. The highest BCUT2D eigenvalue weighted by Crippen LogP contribution is 2.26. The van der Waals surface area contributed by atoms with Crippen LogP contribution in [-0.4, -0.2) is 26.9 Å². The molecule has 0 spiro atoms. The molecule has 110 valence electrons. The van der Waals surface area contributed by atoms with E-state index in [1.54, 1.807) is 0 Å². The molecule has 0 saturated heterocycles. The Kier molecular flexibility index (Phi) is 4.42. The number of sulfonamides is 1. The molecule has 1 saturated carbocycles.